The number of carbonyl (C=O) groups is 1. The van der Waals surface area contributed by atoms with Gasteiger partial charge in [0.15, 0.2) is 9.84 Å². The first-order chi connectivity index (χ1) is 10.2. The van der Waals surface area contributed by atoms with Crippen molar-refractivity contribution in [2.45, 2.75) is 56.2 Å². The van der Waals surface area contributed by atoms with E-state index in [2.05, 4.69) is 5.32 Å². The van der Waals surface area contributed by atoms with Gasteiger partial charge in [0.05, 0.1) is 15.7 Å². The molecule has 1 amide bonds. The van der Waals surface area contributed by atoms with Crippen LogP contribution in [-0.4, -0.2) is 31.7 Å². The van der Waals surface area contributed by atoms with E-state index in [1.165, 1.54) is 24.3 Å². The molecule has 0 radical (unpaired) electrons. The maximum Gasteiger partial charge on any atom is 0.251 e. The van der Waals surface area contributed by atoms with Crippen molar-refractivity contribution in [3.63, 3.8) is 0 Å². The molecule has 0 aromatic heterocycles. The van der Waals surface area contributed by atoms with E-state index in [4.69, 9.17) is 5.73 Å². The summed E-state index contributed by atoms with van der Waals surface area (Å²) in [7, 11) is -3.32. The van der Waals surface area contributed by atoms with E-state index in [9.17, 15) is 13.2 Å². The fourth-order valence-corrected chi connectivity index (χ4v) is 3.21. The van der Waals surface area contributed by atoms with E-state index >= 15 is 0 Å². The summed E-state index contributed by atoms with van der Waals surface area (Å²) >= 11 is 0. The zero-order chi connectivity index (χ0) is 17.0. The lowest BCUT2D eigenvalue weighted by Gasteiger charge is -2.31. The molecule has 0 aliphatic rings. The number of nitrogens with one attached hydrogen (secondary N) is 1. The number of benzene rings is 1. The van der Waals surface area contributed by atoms with E-state index in [1.807, 2.05) is 13.8 Å². The van der Waals surface area contributed by atoms with Gasteiger partial charge in [-0.05, 0) is 51.0 Å². The molecule has 22 heavy (non-hydrogen) atoms. The lowest BCUT2D eigenvalue weighted by atomic mass is 9.92. The molecule has 0 heterocycles. The fraction of sp³-hybridized carbons (Fsp3) is 0.562. The number of rotatable bonds is 7. The highest BCUT2D eigenvalue weighted by molar-refractivity contribution is 7.92. The molecule has 0 atom stereocenters. The number of carbonyl (C=O) groups excluding carboxylic acids is 1. The van der Waals surface area contributed by atoms with E-state index in [0.717, 1.165) is 12.8 Å². The van der Waals surface area contributed by atoms with E-state index < -0.39 is 20.6 Å². The third-order valence-corrected chi connectivity index (χ3v) is 6.36. The molecule has 0 aliphatic heterocycles. The monoisotopic (exact) mass is 326 g/mol. The van der Waals surface area contributed by atoms with Crippen LogP contribution in [0.1, 0.15) is 50.9 Å². The van der Waals surface area contributed by atoms with Crippen molar-refractivity contribution in [2.75, 3.05) is 6.54 Å². The van der Waals surface area contributed by atoms with Gasteiger partial charge in [0, 0.05) is 12.1 Å². The zero-order valence-electron chi connectivity index (χ0n) is 13.7. The smallest absolute Gasteiger partial charge is 0.251 e. The summed E-state index contributed by atoms with van der Waals surface area (Å²) in [6.45, 7) is 7.59. The van der Waals surface area contributed by atoms with Crippen molar-refractivity contribution >= 4 is 15.7 Å². The summed E-state index contributed by atoms with van der Waals surface area (Å²) in [5, 5.41) is 2.47. The molecular formula is C16H26N2O3S. The highest BCUT2D eigenvalue weighted by Gasteiger charge is 2.27. The van der Waals surface area contributed by atoms with Gasteiger partial charge >= 0.3 is 0 Å². The molecule has 0 saturated carbocycles. The molecule has 1 rings (SSSR count). The Labute approximate surface area is 133 Å². The maximum absolute atomic E-state index is 12.3. The van der Waals surface area contributed by atoms with Gasteiger partial charge in [-0.1, -0.05) is 13.8 Å². The second-order valence-electron chi connectivity index (χ2n) is 5.76. The molecule has 0 spiro atoms. The van der Waals surface area contributed by atoms with Gasteiger partial charge < -0.3 is 11.1 Å². The summed E-state index contributed by atoms with van der Waals surface area (Å²) in [5.41, 5.74) is 5.79. The molecule has 0 fully saturated rings. The highest BCUT2D eigenvalue weighted by atomic mass is 32.2. The van der Waals surface area contributed by atoms with Gasteiger partial charge in [0.2, 0.25) is 0 Å². The molecule has 0 unspecified atom stereocenters. The Kier molecular flexibility index (Phi) is 6.14. The Morgan fingerprint density at radius 3 is 2.05 bits per heavy atom. The highest BCUT2D eigenvalue weighted by Crippen LogP contribution is 2.18. The molecule has 1 aromatic carbocycles. The van der Waals surface area contributed by atoms with E-state index in [-0.39, 0.29) is 10.8 Å². The summed E-state index contributed by atoms with van der Waals surface area (Å²) in [6, 6.07) is 6.03. The van der Waals surface area contributed by atoms with Crippen LogP contribution in [0.5, 0.6) is 0 Å². The zero-order valence-corrected chi connectivity index (χ0v) is 14.5. The maximum atomic E-state index is 12.3. The molecule has 124 valence electrons. The molecule has 0 saturated heterocycles. The quantitative estimate of drug-likeness (QED) is 0.803. The lowest BCUT2D eigenvalue weighted by molar-refractivity contribution is 0.0895. The first-order valence-corrected chi connectivity index (χ1v) is 9.13. The topological polar surface area (TPSA) is 89.3 Å². The molecule has 1 aromatic rings. The van der Waals surface area contributed by atoms with E-state index in [0.29, 0.717) is 12.1 Å². The Balaban J connectivity index is 2.99. The number of amides is 1. The van der Waals surface area contributed by atoms with Crippen LogP contribution in [0.25, 0.3) is 0 Å². The number of hydrogen-bond donors (Lipinski definition) is 2. The summed E-state index contributed by atoms with van der Waals surface area (Å²) in [4.78, 5) is 12.5. The largest absolute Gasteiger partial charge is 0.345 e. The molecular weight excluding hydrogens is 300 g/mol. The van der Waals surface area contributed by atoms with Crippen LogP contribution >= 0.6 is 0 Å². The second-order valence-corrected chi connectivity index (χ2v) is 8.27. The minimum absolute atomic E-state index is 0.232. The first-order valence-electron chi connectivity index (χ1n) is 7.59. The Hall–Kier alpha value is -1.40. The van der Waals surface area contributed by atoms with Gasteiger partial charge in [-0.3, -0.25) is 4.79 Å². The average molecular weight is 326 g/mol. The van der Waals surface area contributed by atoms with Crippen molar-refractivity contribution in [1.82, 2.24) is 5.32 Å². The van der Waals surface area contributed by atoms with Gasteiger partial charge in [-0.2, -0.15) is 0 Å². The predicted octanol–water partition coefficient (Wildman–Crippen LogP) is 2.12. The minimum Gasteiger partial charge on any atom is -0.345 e. The first kappa shape index (κ1) is 18.6. The van der Waals surface area contributed by atoms with Crippen LogP contribution in [0.4, 0.5) is 0 Å². The standard InChI is InChI=1S/C16H26N2O3S/c1-5-16(6-2,11-17)18-15(19)13-7-9-14(10-8-13)22(20,21)12(3)4/h7-10,12H,5-6,11,17H2,1-4H3,(H,18,19). The van der Waals surface area contributed by atoms with Crippen molar-refractivity contribution in [1.29, 1.82) is 0 Å². The molecule has 0 aliphatic carbocycles. The van der Waals surface area contributed by atoms with Crippen LogP contribution in [0.2, 0.25) is 0 Å². The van der Waals surface area contributed by atoms with Crippen molar-refractivity contribution in [3.8, 4) is 0 Å². The van der Waals surface area contributed by atoms with Gasteiger partial charge in [0.1, 0.15) is 0 Å². The molecule has 3 N–H and O–H groups in total. The number of hydrogen-bond acceptors (Lipinski definition) is 4. The second kappa shape index (κ2) is 7.24. The number of nitrogens with two attached hydrogens (primary N) is 1. The van der Waals surface area contributed by atoms with Gasteiger partial charge in [-0.25, -0.2) is 8.42 Å². The summed E-state index contributed by atoms with van der Waals surface area (Å²) in [6.07, 6.45) is 1.48. The predicted molar refractivity (Wildman–Crippen MR) is 88.6 cm³/mol. The fourth-order valence-electron chi connectivity index (χ4n) is 2.15. The van der Waals surface area contributed by atoms with Crippen LogP contribution < -0.4 is 11.1 Å². The molecule has 5 nitrogen and oxygen atoms in total. The molecule has 0 bridgehead atoms. The van der Waals surface area contributed by atoms with Crippen molar-refractivity contribution in [2.24, 2.45) is 5.73 Å². The van der Waals surface area contributed by atoms with Crippen molar-refractivity contribution in [3.05, 3.63) is 29.8 Å². The van der Waals surface area contributed by atoms with Gasteiger partial charge in [-0.15, -0.1) is 0 Å². The van der Waals surface area contributed by atoms with Crippen LogP contribution in [0, 0.1) is 0 Å². The average Bonchev–Trinajstić information content (AvgIpc) is 2.52. The van der Waals surface area contributed by atoms with Crippen molar-refractivity contribution < 1.29 is 13.2 Å². The Morgan fingerprint density at radius 2 is 1.68 bits per heavy atom. The lowest BCUT2D eigenvalue weighted by Crippen LogP contribution is -2.52. The SMILES string of the molecule is CCC(CC)(CN)NC(=O)c1ccc(S(=O)(=O)C(C)C)cc1. The van der Waals surface area contributed by atoms with Crippen LogP contribution in [-0.2, 0) is 9.84 Å². The Morgan fingerprint density at radius 1 is 1.18 bits per heavy atom. The Bertz CT molecular complexity index is 595. The third-order valence-electron chi connectivity index (χ3n) is 4.19. The summed E-state index contributed by atoms with van der Waals surface area (Å²) < 4.78 is 24.1. The van der Waals surface area contributed by atoms with E-state index in [1.54, 1.807) is 13.8 Å². The minimum atomic E-state index is -3.32. The van der Waals surface area contributed by atoms with Gasteiger partial charge in [0.25, 0.3) is 5.91 Å². The number of sulfone groups is 1. The third kappa shape index (κ3) is 3.87. The normalized spacial score (nSPS) is 12.5. The summed E-state index contributed by atoms with van der Waals surface area (Å²) in [5.74, 6) is -0.234. The van der Waals surface area contributed by atoms with Crippen LogP contribution in [0.3, 0.4) is 0 Å². The molecule has 6 heteroatoms. The van der Waals surface area contributed by atoms with Crippen LogP contribution in [0.15, 0.2) is 29.2 Å².